The number of aromatic nitrogens is 2. The summed E-state index contributed by atoms with van der Waals surface area (Å²) in [5, 5.41) is 3.41. The van der Waals surface area contributed by atoms with Crippen molar-refractivity contribution in [1.82, 2.24) is 9.97 Å². The summed E-state index contributed by atoms with van der Waals surface area (Å²) < 4.78 is 51.3. The molecule has 3 heterocycles. The van der Waals surface area contributed by atoms with Crippen molar-refractivity contribution in [3.8, 4) is 0 Å². The van der Waals surface area contributed by atoms with E-state index in [1.165, 1.54) is 0 Å². The summed E-state index contributed by atoms with van der Waals surface area (Å²) in [7, 11) is 0. The molecule has 2 aliphatic rings. The third kappa shape index (κ3) is 2.67. The van der Waals surface area contributed by atoms with E-state index in [2.05, 4.69) is 15.3 Å². The second-order valence-corrected chi connectivity index (χ2v) is 6.67. The monoisotopic (exact) mass is 375 g/mol. The first kappa shape index (κ1) is 16.6. The predicted octanol–water partition coefficient (Wildman–Crippen LogP) is 4.21. The molecule has 5 nitrogen and oxygen atoms in total. The maximum atomic E-state index is 13.1. The normalized spacial score (nSPS) is 24.9. The fourth-order valence-electron chi connectivity index (χ4n) is 3.89. The Morgan fingerprint density at radius 3 is 2.56 bits per heavy atom. The molecular weight excluding hydrogens is 359 g/mol. The molecule has 2 N–H and O–H groups in total. The van der Waals surface area contributed by atoms with Gasteiger partial charge in [-0.05, 0) is 17.7 Å². The molecule has 0 unspecified atom stereocenters. The first-order chi connectivity index (χ1) is 13.0. The second-order valence-electron chi connectivity index (χ2n) is 6.67. The number of alkyl halides is 3. The van der Waals surface area contributed by atoms with Crippen LogP contribution >= 0.6 is 0 Å². The zero-order valence-corrected chi connectivity index (χ0v) is 14.1. The average Bonchev–Trinajstić information content (AvgIpc) is 3.13. The second kappa shape index (κ2) is 5.97. The maximum absolute atomic E-state index is 13.1. The SMILES string of the molecule is FC(F)(F)c1nc2c3c(ccc2[nH]1)N[C@@H](c1ccccc1)[C@@H]1OCCO[C@H]31. The number of imidazole rings is 1. The third-order valence-electron chi connectivity index (χ3n) is 5.03. The van der Waals surface area contributed by atoms with Crippen LogP contribution < -0.4 is 5.32 Å². The number of nitrogens with one attached hydrogen (secondary N) is 2. The van der Waals surface area contributed by atoms with Crippen molar-refractivity contribution in [2.45, 2.75) is 24.4 Å². The molecule has 1 saturated heterocycles. The van der Waals surface area contributed by atoms with Crippen LogP contribution in [-0.4, -0.2) is 29.3 Å². The van der Waals surface area contributed by atoms with Crippen molar-refractivity contribution in [2.24, 2.45) is 0 Å². The fraction of sp³-hybridized carbons (Fsp3) is 0.316. The molecular formula is C19H16F3N3O2. The molecule has 140 valence electrons. The molecule has 1 aromatic heterocycles. The molecule has 5 rings (SSSR count). The third-order valence-corrected chi connectivity index (χ3v) is 5.03. The Morgan fingerprint density at radius 2 is 1.78 bits per heavy atom. The van der Waals surface area contributed by atoms with Gasteiger partial charge < -0.3 is 19.8 Å². The van der Waals surface area contributed by atoms with Gasteiger partial charge in [0.2, 0.25) is 5.82 Å². The van der Waals surface area contributed by atoms with Gasteiger partial charge in [0.05, 0.1) is 30.3 Å². The van der Waals surface area contributed by atoms with Crippen molar-refractivity contribution in [3.63, 3.8) is 0 Å². The van der Waals surface area contributed by atoms with Gasteiger partial charge in [-0.1, -0.05) is 30.3 Å². The summed E-state index contributed by atoms with van der Waals surface area (Å²) in [5.41, 5.74) is 2.94. The molecule has 8 heteroatoms. The van der Waals surface area contributed by atoms with Crippen molar-refractivity contribution in [1.29, 1.82) is 0 Å². The van der Waals surface area contributed by atoms with Crippen molar-refractivity contribution in [3.05, 3.63) is 59.4 Å². The zero-order chi connectivity index (χ0) is 18.6. The summed E-state index contributed by atoms with van der Waals surface area (Å²) in [5.74, 6) is -1.01. The summed E-state index contributed by atoms with van der Waals surface area (Å²) in [6, 6.07) is 13.0. The molecule has 0 bridgehead atoms. The standard InChI is InChI=1S/C19H16F3N3O2/c20-19(21,22)18-24-12-7-6-11-13(15(12)25-18)16-17(27-9-8-26-16)14(23-11)10-4-2-1-3-5-10/h1-7,14,16-17,23H,8-9H2,(H,24,25)/t14-,16+,17-/m0/s1. The van der Waals surface area contributed by atoms with Crippen LogP contribution in [0, 0.1) is 0 Å². The summed E-state index contributed by atoms with van der Waals surface area (Å²) in [4.78, 5) is 6.19. The van der Waals surface area contributed by atoms with E-state index in [1.54, 1.807) is 12.1 Å². The van der Waals surface area contributed by atoms with Crippen LogP contribution in [0.5, 0.6) is 0 Å². The lowest BCUT2D eigenvalue weighted by Gasteiger charge is -2.43. The fourth-order valence-corrected chi connectivity index (χ4v) is 3.89. The molecule has 0 aliphatic carbocycles. The quantitative estimate of drug-likeness (QED) is 0.669. The number of fused-ring (bicyclic) bond motifs is 5. The van der Waals surface area contributed by atoms with E-state index < -0.39 is 18.1 Å². The van der Waals surface area contributed by atoms with Crippen LogP contribution in [0.1, 0.15) is 29.1 Å². The minimum Gasteiger partial charge on any atom is -0.375 e. The molecule has 0 saturated carbocycles. The topological polar surface area (TPSA) is 59.2 Å². The molecule has 27 heavy (non-hydrogen) atoms. The van der Waals surface area contributed by atoms with Gasteiger partial charge in [-0.25, -0.2) is 4.98 Å². The zero-order valence-electron chi connectivity index (χ0n) is 14.1. The lowest BCUT2D eigenvalue weighted by atomic mass is 9.87. The van der Waals surface area contributed by atoms with Crippen molar-refractivity contribution < 1.29 is 22.6 Å². The smallest absolute Gasteiger partial charge is 0.375 e. The number of anilines is 1. The van der Waals surface area contributed by atoms with Gasteiger partial charge in [-0.3, -0.25) is 0 Å². The maximum Gasteiger partial charge on any atom is 0.449 e. The minimum atomic E-state index is -4.54. The lowest BCUT2D eigenvalue weighted by molar-refractivity contribution is -0.150. The van der Waals surface area contributed by atoms with Crippen molar-refractivity contribution in [2.75, 3.05) is 18.5 Å². The Balaban J connectivity index is 1.67. The number of ether oxygens (including phenoxy) is 2. The summed E-state index contributed by atoms with van der Waals surface area (Å²) in [6.07, 6.45) is -5.39. The largest absolute Gasteiger partial charge is 0.449 e. The van der Waals surface area contributed by atoms with Crippen molar-refractivity contribution >= 4 is 16.7 Å². The van der Waals surface area contributed by atoms with Gasteiger partial charge in [0, 0.05) is 11.3 Å². The van der Waals surface area contributed by atoms with Crippen LogP contribution in [-0.2, 0) is 15.7 Å². The number of rotatable bonds is 1. The van der Waals surface area contributed by atoms with E-state index in [1.807, 2.05) is 30.3 Å². The Labute approximate surface area is 152 Å². The first-order valence-electron chi connectivity index (χ1n) is 8.67. The van der Waals surface area contributed by atoms with Crippen LogP contribution in [0.15, 0.2) is 42.5 Å². The van der Waals surface area contributed by atoms with Crippen LogP contribution in [0.2, 0.25) is 0 Å². The van der Waals surface area contributed by atoms with Crippen LogP contribution in [0.25, 0.3) is 11.0 Å². The van der Waals surface area contributed by atoms with E-state index in [-0.39, 0.29) is 17.7 Å². The molecule has 1 fully saturated rings. The number of hydrogen-bond acceptors (Lipinski definition) is 4. The predicted molar refractivity (Wildman–Crippen MR) is 92.3 cm³/mol. The number of aromatic amines is 1. The van der Waals surface area contributed by atoms with Gasteiger partial charge in [0.25, 0.3) is 0 Å². The van der Waals surface area contributed by atoms with E-state index in [0.29, 0.717) is 30.0 Å². The van der Waals surface area contributed by atoms with Gasteiger partial charge in [-0.15, -0.1) is 0 Å². The number of hydrogen-bond donors (Lipinski definition) is 2. The number of nitrogens with zero attached hydrogens (tertiary/aromatic N) is 1. The first-order valence-corrected chi connectivity index (χ1v) is 8.67. The lowest BCUT2D eigenvalue weighted by Crippen LogP contribution is -2.43. The highest BCUT2D eigenvalue weighted by Crippen LogP contribution is 2.46. The molecule has 2 aromatic carbocycles. The Kier molecular flexibility index (Phi) is 3.66. The minimum absolute atomic E-state index is 0.164. The molecule has 0 amide bonds. The van der Waals surface area contributed by atoms with E-state index >= 15 is 0 Å². The van der Waals surface area contributed by atoms with Gasteiger partial charge in [-0.2, -0.15) is 13.2 Å². The molecule has 0 spiro atoms. The Morgan fingerprint density at radius 1 is 1.00 bits per heavy atom. The molecule has 0 radical (unpaired) electrons. The molecule has 3 aromatic rings. The van der Waals surface area contributed by atoms with E-state index in [4.69, 9.17) is 9.47 Å². The van der Waals surface area contributed by atoms with Gasteiger partial charge in [0.1, 0.15) is 12.2 Å². The number of H-pyrrole nitrogens is 1. The van der Waals surface area contributed by atoms with E-state index in [9.17, 15) is 13.2 Å². The van der Waals surface area contributed by atoms with Crippen LogP contribution in [0.4, 0.5) is 18.9 Å². The van der Waals surface area contributed by atoms with Crippen LogP contribution in [0.3, 0.4) is 0 Å². The van der Waals surface area contributed by atoms with Gasteiger partial charge in [0.15, 0.2) is 0 Å². The van der Waals surface area contributed by atoms with Gasteiger partial charge >= 0.3 is 6.18 Å². The summed E-state index contributed by atoms with van der Waals surface area (Å²) >= 11 is 0. The molecule has 2 aliphatic heterocycles. The highest BCUT2D eigenvalue weighted by Gasteiger charge is 2.43. The average molecular weight is 375 g/mol. The Hall–Kier alpha value is -2.58. The Bertz CT molecular complexity index is 987. The molecule has 3 atom stereocenters. The summed E-state index contributed by atoms with van der Waals surface area (Å²) in [6.45, 7) is 0.820. The highest BCUT2D eigenvalue weighted by molar-refractivity contribution is 5.86. The highest BCUT2D eigenvalue weighted by atomic mass is 19.4. The van der Waals surface area contributed by atoms with E-state index in [0.717, 1.165) is 5.56 Å². The number of halogens is 3. The number of benzene rings is 2.